The molecule has 2 unspecified atom stereocenters. The molecule has 2 atom stereocenters. The fraction of sp³-hybridized carbons (Fsp3) is 0.400. The van der Waals surface area contributed by atoms with Gasteiger partial charge in [-0.3, -0.25) is 19.4 Å². The number of nitrogens with one attached hydrogen (secondary N) is 3. The highest BCUT2D eigenvalue weighted by Crippen LogP contribution is 2.32. The zero-order valence-electron chi connectivity index (χ0n) is 16.0. The van der Waals surface area contributed by atoms with Crippen molar-refractivity contribution in [1.82, 2.24) is 9.97 Å². The van der Waals surface area contributed by atoms with Crippen molar-refractivity contribution < 1.29 is 9.59 Å². The monoisotopic (exact) mass is 415 g/mol. The zero-order chi connectivity index (χ0) is 20.5. The molecule has 8 nitrogen and oxygen atoms in total. The van der Waals surface area contributed by atoms with Crippen molar-refractivity contribution in [3.8, 4) is 0 Å². The van der Waals surface area contributed by atoms with Gasteiger partial charge in [0.15, 0.2) is 0 Å². The SMILES string of the molecule is CC1CCCCN1c1nc2c(c(=O)[nH]1)C(C(=O)Nc1ccccc1Cl)CC(=O)N2. The van der Waals surface area contributed by atoms with Crippen LogP contribution in [0, 0.1) is 0 Å². The summed E-state index contributed by atoms with van der Waals surface area (Å²) in [5, 5.41) is 5.74. The molecule has 29 heavy (non-hydrogen) atoms. The fourth-order valence-electron chi connectivity index (χ4n) is 3.91. The molecule has 0 radical (unpaired) electrons. The molecule has 2 aliphatic heterocycles. The average Bonchev–Trinajstić information content (AvgIpc) is 2.69. The number of amides is 2. The largest absolute Gasteiger partial charge is 0.340 e. The second-order valence-corrected chi connectivity index (χ2v) is 7.87. The average molecular weight is 416 g/mol. The Hall–Kier alpha value is -2.87. The van der Waals surface area contributed by atoms with Gasteiger partial charge in [0.05, 0.1) is 22.2 Å². The van der Waals surface area contributed by atoms with E-state index in [-0.39, 0.29) is 29.8 Å². The molecule has 0 bridgehead atoms. The lowest BCUT2D eigenvalue weighted by Gasteiger charge is -2.34. The maximum absolute atomic E-state index is 12.9. The number of benzene rings is 1. The van der Waals surface area contributed by atoms with Gasteiger partial charge in [0.25, 0.3) is 5.56 Å². The van der Waals surface area contributed by atoms with Crippen LogP contribution < -0.4 is 21.1 Å². The highest BCUT2D eigenvalue weighted by molar-refractivity contribution is 6.33. The molecule has 3 heterocycles. The van der Waals surface area contributed by atoms with Crippen LogP contribution in [-0.2, 0) is 9.59 Å². The summed E-state index contributed by atoms with van der Waals surface area (Å²) in [6.07, 6.45) is 3.03. The topological polar surface area (TPSA) is 107 Å². The van der Waals surface area contributed by atoms with Crippen LogP contribution in [0.15, 0.2) is 29.1 Å². The van der Waals surface area contributed by atoms with Crippen molar-refractivity contribution in [1.29, 1.82) is 0 Å². The number of carbonyl (C=O) groups is 2. The Bertz CT molecular complexity index is 1020. The minimum atomic E-state index is -0.945. The fourth-order valence-corrected chi connectivity index (χ4v) is 4.10. The molecular formula is C20H22ClN5O3. The minimum absolute atomic E-state index is 0.131. The summed E-state index contributed by atoms with van der Waals surface area (Å²) in [6.45, 7) is 2.87. The number of hydrogen-bond acceptors (Lipinski definition) is 5. The van der Waals surface area contributed by atoms with E-state index in [1.54, 1.807) is 24.3 Å². The molecule has 152 valence electrons. The van der Waals surface area contributed by atoms with E-state index in [9.17, 15) is 14.4 Å². The first kappa shape index (κ1) is 19.4. The van der Waals surface area contributed by atoms with Gasteiger partial charge in [0, 0.05) is 19.0 Å². The molecule has 0 aliphatic carbocycles. The number of anilines is 3. The van der Waals surface area contributed by atoms with Gasteiger partial charge in [-0.05, 0) is 38.3 Å². The van der Waals surface area contributed by atoms with Crippen LogP contribution in [0.1, 0.15) is 44.1 Å². The lowest BCUT2D eigenvalue weighted by atomic mass is 9.92. The molecule has 2 aromatic rings. The number of H-pyrrole nitrogens is 1. The van der Waals surface area contributed by atoms with E-state index >= 15 is 0 Å². The van der Waals surface area contributed by atoms with Crippen LogP contribution in [-0.4, -0.2) is 34.4 Å². The lowest BCUT2D eigenvalue weighted by molar-refractivity contribution is -0.123. The molecule has 0 spiro atoms. The standard InChI is InChI=1S/C20H22ClN5O3/c1-11-6-4-5-9-26(11)20-24-17-16(19(29)25-20)12(10-15(27)23-17)18(28)22-14-8-3-2-7-13(14)21/h2-3,7-8,11-12H,4-6,9-10H2,1H3,(H,22,28)(H2,23,24,25,27,29). The number of fused-ring (bicyclic) bond motifs is 1. The first-order valence-electron chi connectivity index (χ1n) is 9.70. The number of aromatic nitrogens is 2. The van der Waals surface area contributed by atoms with Gasteiger partial charge in [0.1, 0.15) is 5.82 Å². The molecule has 2 aliphatic rings. The Balaban J connectivity index is 1.67. The van der Waals surface area contributed by atoms with Gasteiger partial charge in [-0.25, -0.2) is 0 Å². The number of piperidine rings is 1. The van der Waals surface area contributed by atoms with Gasteiger partial charge in [-0.15, -0.1) is 0 Å². The maximum Gasteiger partial charge on any atom is 0.258 e. The Morgan fingerprint density at radius 1 is 1.28 bits per heavy atom. The van der Waals surface area contributed by atoms with E-state index in [1.165, 1.54) is 0 Å². The molecule has 4 rings (SSSR count). The Morgan fingerprint density at radius 2 is 2.07 bits per heavy atom. The van der Waals surface area contributed by atoms with Crippen LogP contribution in [0.5, 0.6) is 0 Å². The van der Waals surface area contributed by atoms with E-state index in [4.69, 9.17) is 11.6 Å². The molecule has 2 amide bonds. The number of aromatic amines is 1. The summed E-state index contributed by atoms with van der Waals surface area (Å²) in [4.78, 5) is 47.3. The van der Waals surface area contributed by atoms with Crippen LogP contribution in [0.25, 0.3) is 0 Å². The quantitative estimate of drug-likeness (QED) is 0.714. The van der Waals surface area contributed by atoms with Crippen molar-refractivity contribution in [3.05, 3.63) is 45.2 Å². The van der Waals surface area contributed by atoms with Crippen LogP contribution in [0.3, 0.4) is 0 Å². The summed E-state index contributed by atoms with van der Waals surface area (Å²) < 4.78 is 0. The lowest BCUT2D eigenvalue weighted by Crippen LogP contribution is -2.42. The zero-order valence-corrected chi connectivity index (χ0v) is 16.8. The molecule has 3 N–H and O–H groups in total. The highest BCUT2D eigenvalue weighted by Gasteiger charge is 2.35. The molecule has 1 aromatic carbocycles. The Kier molecular flexibility index (Phi) is 5.27. The Labute approximate surface area is 172 Å². The summed E-state index contributed by atoms with van der Waals surface area (Å²) in [5.41, 5.74) is 0.180. The van der Waals surface area contributed by atoms with Crippen molar-refractivity contribution in [3.63, 3.8) is 0 Å². The first-order valence-corrected chi connectivity index (χ1v) is 10.1. The molecule has 0 saturated carbocycles. The Morgan fingerprint density at radius 3 is 2.83 bits per heavy atom. The molecular weight excluding hydrogens is 394 g/mol. The second kappa shape index (κ2) is 7.87. The summed E-state index contributed by atoms with van der Waals surface area (Å²) in [7, 11) is 0. The van der Waals surface area contributed by atoms with Crippen molar-refractivity contribution >= 4 is 40.9 Å². The molecule has 1 fully saturated rings. The van der Waals surface area contributed by atoms with Gasteiger partial charge in [-0.2, -0.15) is 4.98 Å². The smallest absolute Gasteiger partial charge is 0.258 e. The predicted molar refractivity (Wildman–Crippen MR) is 112 cm³/mol. The van der Waals surface area contributed by atoms with Gasteiger partial charge in [0.2, 0.25) is 17.8 Å². The number of carbonyl (C=O) groups excluding carboxylic acids is 2. The predicted octanol–water partition coefficient (Wildman–Crippen LogP) is 2.87. The van der Waals surface area contributed by atoms with Crippen LogP contribution in [0.2, 0.25) is 5.02 Å². The van der Waals surface area contributed by atoms with Crippen molar-refractivity contribution in [2.45, 2.75) is 44.6 Å². The van der Waals surface area contributed by atoms with Gasteiger partial charge >= 0.3 is 0 Å². The minimum Gasteiger partial charge on any atom is -0.340 e. The van der Waals surface area contributed by atoms with Crippen LogP contribution >= 0.6 is 11.6 Å². The van der Waals surface area contributed by atoms with E-state index in [2.05, 4.69) is 27.5 Å². The maximum atomic E-state index is 12.9. The van der Waals surface area contributed by atoms with Gasteiger partial charge in [-0.1, -0.05) is 23.7 Å². The number of hydrogen-bond donors (Lipinski definition) is 3. The van der Waals surface area contributed by atoms with E-state index in [1.807, 2.05) is 4.90 Å². The van der Waals surface area contributed by atoms with E-state index < -0.39 is 17.4 Å². The third-order valence-electron chi connectivity index (χ3n) is 5.46. The van der Waals surface area contributed by atoms with Gasteiger partial charge < -0.3 is 15.5 Å². The third-order valence-corrected chi connectivity index (χ3v) is 5.79. The van der Waals surface area contributed by atoms with Crippen LogP contribution in [0.4, 0.5) is 17.5 Å². The normalized spacial score (nSPS) is 21.3. The number of halogens is 1. The third kappa shape index (κ3) is 3.85. The highest BCUT2D eigenvalue weighted by atomic mass is 35.5. The molecule has 1 aromatic heterocycles. The van der Waals surface area contributed by atoms with E-state index in [0.29, 0.717) is 16.7 Å². The number of para-hydroxylation sites is 1. The number of rotatable bonds is 3. The summed E-state index contributed by atoms with van der Waals surface area (Å²) in [6, 6.07) is 7.04. The summed E-state index contributed by atoms with van der Waals surface area (Å²) in [5.74, 6) is -1.20. The molecule has 1 saturated heterocycles. The summed E-state index contributed by atoms with van der Waals surface area (Å²) >= 11 is 6.11. The van der Waals surface area contributed by atoms with Crippen molar-refractivity contribution in [2.24, 2.45) is 0 Å². The van der Waals surface area contributed by atoms with E-state index in [0.717, 1.165) is 25.8 Å². The first-order chi connectivity index (χ1) is 13.9. The number of nitrogens with zero attached hydrogens (tertiary/aromatic N) is 2. The second-order valence-electron chi connectivity index (χ2n) is 7.46. The molecule has 9 heteroatoms. The van der Waals surface area contributed by atoms with Crippen molar-refractivity contribution in [2.75, 3.05) is 22.1 Å².